The summed E-state index contributed by atoms with van der Waals surface area (Å²) in [6, 6.07) is 0. The fourth-order valence-corrected chi connectivity index (χ4v) is 0.819. The molecule has 0 aromatic rings. The Morgan fingerprint density at radius 2 is 2.09 bits per heavy atom. The highest BCUT2D eigenvalue weighted by atomic mass is 16.5. The molecule has 0 aliphatic rings. The predicted molar refractivity (Wildman–Crippen MR) is 42.6 cm³/mol. The van der Waals surface area contributed by atoms with Gasteiger partial charge in [0.1, 0.15) is 5.78 Å². The van der Waals surface area contributed by atoms with E-state index in [1.54, 1.807) is 21.1 Å². The minimum atomic E-state index is 0.0592. The van der Waals surface area contributed by atoms with Gasteiger partial charge in [-0.1, -0.05) is 0 Å². The Balaban J connectivity index is 3.43. The van der Waals surface area contributed by atoms with E-state index in [0.29, 0.717) is 13.0 Å². The largest absolute Gasteiger partial charge is 0.382 e. The van der Waals surface area contributed by atoms with Crippen LogP contribution in [0, 0.1) is 0 Å². The highest BCUT2D eigenvalue weighted by Crippen LogP contribution is 2.01. The number of hydrogen-bond acceptors (Lipinski definition) is 3. The lowest BCUT2D eigenvalue weighted by molar-refractivity contribution is -0.117. The molecular weight excluding hydrogens is 144 g/mol. The lowest BCUT2D eigenvalue weighted by Crippen LogP contribution is -2.18. The summed E-state index contributed by atoms with van der Waals surface area (Å²) in [5, 5.41) is 0. The second-order valence-corrected chi connectivity index (χ2v) is 2.55. The van der Waals surface area contributed by atoms with Crippen molar-refractivity contribution in [2.24, 2.45) is 0 Å². The molecule has 0 spiro atoms. The molecule has 0 bridgehead atoms. The lowest BCUT2D eigenvalue weighted by atomic mass is 10.1. The van der Waals surface area contributed by atoms with Crippen molar-refractivity contribution in [3.63, 3.8) is 0 Å². The first-order valence-corrected chi connectivity index (χ1v) is 3.72. The highest BCUT2D eigenvalue weighted by Gasteiger charge is 2.07. The number of ether oxygens (including phenoxy) is 2. The van der Waals surface area contributed by atoms with Gasteiger partial charge in [-0.05, 0) is 13.3 Å². The summed E-state index contributed by atoms with van der Waals surface area (Å²) in [5.74, 6) is 0.197. The quantitative estimate of drug-likeness (QED) is 0.582. The van der Waals surface area contributed by atoms with Gasteiger partial charge in [0.05, 0.1) is 12.7 Å². The molecule has 1 atom stereocenters. The maximum absolute atomic E-state index is 10.6. The van der Waals surface area contributed by atoms with Gasteiger partial charge < -0.3 is 14.3 Å². The van der Waals surface area contributed by atoms with E-state index in [4.69, 9.17) is 9.47 Å². The number of ketones is 1. The van der Waals surface area contributed by atoms with Gasteiger partial charge in [-0.15, -0.1) is 0 Å². The molecule has 1 unspecified atom stereocenters. The zero-order chi connectivity index (χ0) is 8.69. The molecule has 0 amide bonds. The maximum Gasteiger partial charge on any atom is 0.129 e. The predicted octanol–water partition coefficient (Wildman–Crippen LogP) is 1.02. The van der Waals surface area contributed by atoms with Crippen molar-refractivity contribution in [3.8, 4) is 0 Å². The van der Waals surface area contributed by atoms with Crippen LogP contribution in [0.15, 0.2) is 0 Å². The van der Waals surface area contributed by atoms with Crippen LogP contribution in [-0.4, -0.2) is 32.7 Å². The third-order valence-electron chi connectivity index (χ3n) is 1.50. The van der Waals surface area contributed by atoms with Gasteiger partial charge in [-0.2, -0.15) is 0 Å². The van der Waals surface area contributed by atoms with Crippen molar-refractivity contribution >= 4 is 5.78 Å². The molecule has 0 radical (unpaired) electrons. The van der Waals surface area contributed by atoms with Crippen LogP contribution in [0.25, 0.3) is 0 Å². The van der Waals surface area contributed by atoms with Gasteiger partial charge >= 0.3 is 0 Å². The molecule has 0 rings (SSSR count). The van der Waals surface area contributed by atoms with E-state index >= 15 is 0 Å². The van der Waals surface area contributed by atoms with Gasteiger partial charge in [0, 0.05) is 20.6 Å². The number of rotatable bonds is 6. The van der Waals surface area contributed by atoms with E-state index in [0.717, 1.165) is 6.42 Å². The summed E-state index contributed by atoms with van der Waals surface area (Å²) in [5.41, 5.74) is 0. The molecular formula is C8H16O3. The molecule has 3 nitrogen and oxygen atoms in total. The van der Waals surface area contributed by atoms with Gasteiger partial charge in [0.15, 0.2) is 0 Å². The average molecular weight is 160 g/mol. The monoisotopic (exact) mass is 160 g/mol. The Hall–Kier alpha value is -0.410. The summed E-state index contributed by atoms with van der Waals surface area (Å²) < 4.78 is 9.95. The summed E-state index contributed by atoms with van der Waals surface area (Å²) >= 11 is 0. The first-order chi connectivity index (χ1) is 5.20. The van der Waals surface area contributed by atoms with E-state index in [9.17, 15) is 4.79 Å². The molecule has 66 valence electrons. The molecule has 0 N–H and O–H groups in total. The van der Waals surface area contributed by atoms with Crippen molar-refractivity contribution in [1.82, 2.24) is 0 Å². The Morgan fingerprint density at radius 3 is 2.45 bits per heavy atom. The molecule has 0 heterocycles. The smallest absolute Gasteiger partial charge is 0.129 e. The van der Waals surface area contributed by atoms with Crippen molar-refractivity contribution in [3.05, 3.63) is 0 Å². The third-order valence-corrected chi connectivity index (χ3v) is 1.50. The topological polar surface area (TPSA) is 35.5 Å². The molecule has 0 aromatic heterocycles. The minimum Gasteiger partial charge on any atom is -0.382 e. The minimum absolute atomic E-state index is 0.0592. The second kappa shape index (κ2) is 6.31. The molecule has 0 aliphatic carbocycles. The van der Waals surface area contributed by atoms with E-state index < -0.39 is 0 Å². The summed E-state index contributed by atoms with van der Waals surface area (Å²) in [6.07, 6.45) is 1.38. The lowest BCUT2D eigenvalue weighted by Gasteiger charge is -2.12. The van der Waals surface area contributed by atoms with Gasteiger partial charge in [0.25, 0.3) is 0 Å². The van der Waals surface area contributed by atoms with Crippen molar-refractivity contribution in [1.29, 1.82) is 0 Å². The van der Waals surface area contributed by atoms with Crippen LogP contribution in [0.4, 0.5) is 0 Å². The molecule has 0 fully saturated rings. The third kappa shape index (κ3) is 6.01. The zero-order valence-corrected chi connectivity index (χ0v) is 7.42. The number of carbonyl (C=O) groups excluding carboxylic acids is 1. The fourth-order valence-electron chi connectivity index (χ4n) is 0.819. The molecule has 0 aromatic carbocycles. The van der Waals surface area contributed by atoms with Gasteiger partial charge in [-0.25, -0.2) is 0 Å². The summed E-state index contributed by atoms with van der Waals surface area (Å²) in [4.78, 5) is 10.6. The normalized spacial score (nSPS) is 13.0. The Labute approximate surface area is 67.7 Å². The number of hydrogen-bond donors (Lipinski definition) is 0. The van der Waals surface area contributed by atoms with Crippen LogP contribution in [-0.2, 0) is 14.3 Å². The number of methoxy groups -OCH3 is 2. The van der Waals surface area contributed by atoms with Crippen molar-refractivity contribution in [2.75, 3.05) is 20.8 Å². The van der Waals surface area contributed by atoms with Crippen molar-refractivity contribution in [2.45, 2.75) is 25.9 Å². The SMILES string of the molecule is COCC(CCC(C)=O)OC. The highest BCUT2D eigenvalue weighted by molar-refractivity contribution is 5.75. The van der Waals surface area contributed by atoms with Gasteiger partial charge in [0.2, 0.25) is 0 Å². The number of Topliss-reactive ketones (excluding diaryl/α,β-unsaturated/α-hetero) is 1. The Bertz CT molecular complexity index is 112. The van der Waals surface area contributed by atoms with Crippen LogP contribution in [0.5, 0.6) is 0 Å². The van der Waals surface area contributed by atoms with E-state index in [1.807, 2.05) is 0 Å². The first-order valence-electron chi connectivity index (χ1n) is 3.72. The summed E-state index contributed by atoms with van der Waals surface area (Å²) in [7, 11) is 3.25. The first kappa shape index (κ1) is 10.6. The molecule has 0 saturated heterocycles. The van der Waals surface area contributed by atoms with E-state index in [2.05, 4.69) is 0 Å². The summed E-state index contributed by atoms with van der Waals surface area (Å²) in [6.45, 7) is 2.14. The molecule has 3 heteroatoms. The van der Waals surface area contributed by atoms with Crippen LogP contribution in [0.3, 0.4) is 0 Å². The standard InChI is InChI=1S/C8H16O3/c1-7(9)4-5-8(11-3)6-10-2/h8H,4-6H2,1-3H3. The molecule has 0 aliphatic heterocycles. The average Bonchev–Trinajstić information content (AvgIpc) is 1.97. The maximum atomic E-state index is 10.6. The Kier molecular flexibility index (Phi) is 6.07. The second-order valence-electron chi connectivity index (χ2n) is 2.55. The van der Waals surface area contributed by atoms with Gasteiger partial charge in [-0.3, -0.25) is 0 Å². The fraction of sp³-hybridized carbons (Fsp3) is 0.875. The Morgan fingerprint density at radius 1 is 1.45 bits per heavy atom. The van der Waals surface area contributed by atoms with Crippen LogP contribution in [0.2, 0.25) is 0 Å². The van der Waals surface area contributed by atoms with Crippen LogP contribution < -0.4 is 0 Å². The molecule has 11 heavy (non-hydrogen) atoms. The van der Waals surface area contributed by atoms with Crippen LogP contribution >= 0.6 is 0 Å². The molecule has 0 saturated carbocycles. The van der Waals surface area contributed by atoms with Crippen LogP contribution in [0.1, 0.15) is 19.8 Å². The van der Waals surface area contributed by atoms with E-state index in [1.165, 1.54) is 0 Å². The zero-order valence-electron chi connectivity index (χ0n) is 7.42. The number of carbonyl (C=O) groups is 1. The van der Waals surface area contributed by atoms with Crippen molar-refractivity contribution < 1.29 is 14.3 Å². The van der Waals surface area contributed by atoms with E-state index in [-0.39, 0.29) is 11.9 Å².